The van der Waals surface area contributed by atoms with Crippen LogP contribution < -0.4 is 15.2 Å². The number of hydrogen-bond acceptors (Lipinski definition) is 4. The number of carbonyl (C=O) groups is 2. The van der Waals surface area contributed by atoms with Crippen LogP contribution in [-0.4, -0.2) is 18.0 Å². The van der Waals surface area contributed by atoms with E-state index in [0.29, 0.717) is 17.9 Å². The fourth-order valence-corrected chi connectivity index (χ4v) is 1.82. The Morgan fingerprint density at radius 2 is 1.73 bits per heavy atom. The lowest BCUT2D eigenvalue weighted by Crippen LogP contribution is -2.37. The summed E-state index contributed by atoms with van der Waals surface area (Å²) in [6, 6.07) is 15.9. The van der Waals surface area contributed by atoms with Crippen molar-refractivity contribution in [2.45, 2.75) is 19.6 Å². The molecular weight excluding hydrogens is 282 g/mol. The molecule has 114 valence electrons. The van der Waals surface area contributed by atoms with Gasteiger partial charge in [-0.3, -0.25) is 4.79 Å². The summed E-state index contributed by atoms with van der Waals surface area (Å²) in [6.45, 7) is 1.83. The standard InChI is InChI=1S/C17H17NO4/c1-12(17(20)21)22-15-9-7-14(8-10-15)16(19)18-11-13-5-3-2-4-6-13/h2-10,12H,11H2,1H3,(H,18,19)(H,20,21)/p-1. The van der Waals surface area contributed by atoms with Crippen molar-refractivity contribution in [3.05, 3.63) is 65.7 Å². The first-order chi connectivity index (χ1) is 10.6. The number of ether oxygens (including phenoxy) is 1. The van der Waals surface area contributed by atoms with E-state index in [2.05, 4.69) is 5.32 Å². The van der Waals surface area contributed by atoms with Crippen molar-refractivity contribution in [2.75, 3.05) is 0 Å². The van der Waals surface area contributed by atoms with Gasteiger partial charge in [0.2, 0.25) is 0 Å². The topological polar surface area (TPSA) is 78.5 Å². The van der Waals surface area contributed by atoms with Crippen LogP contribution in [0, 0.1) is 0 Å². The van der Waals surface area contributed by atoms with Crippen molar-refractivity contribution in [3.8, 4) is 5.75 Å². The third-order valence-corrected chi connectivity index (χ3v) is 3.06. The molecule has 0 spiro atoms. The fraction of sp³-hybridized carbons (Fsp3) is 0.176. The number of aliphatic carboxylic acids is 1. The SMILES string of the molecule is CC(Oc1ccc(C(=O)NCc2ccccc2)cc1)C(=O)[O-]. The Balaban J connectivity index is 1.92. The van der Waals surface area contributed by atoms with Gasteiger partial charge in [-0.15, -0.1) is 0 Å². The van der Waals surface area contributed by atoms with Crippen molar-refractivity contribution in [1.29, 1.82) is 0 Å². The Morgan fingerprint density at radius 1 is 1.09 bits per heavy atom. The van der Waals surface area contributed by atoms with Crippen LogP contribution in [0.1, 0.15) is 22.8 Å². The molecule has 0 fully saturated rings. The molecule has 0 bridgehead atoms. The molecule has 0 aromatic heterocycles. The molecule has 0 saturated carbocycles. The quantitative estimate of drug-likeness (QED) is 0.867. The van der Waals surface area contributed by atoms with Crippen LogP contribution in [0.5, 0.6) is 5.75 Å². The number of amides is 1. The molecule has 0 aliphatic heterocycles. The average molecular weight is 298 g/mol. The van der Waals surface area contributed by atoms with E-state index in [-0.39, 0.29) is 5.91 Å². The second kappa shape index (κ2) is 7.26. The van der Waals surface area contributed by atoms with Crippen LogP contribution in [0.2, 0.25) is 0 Å². The highest BCUT2D eigenvalue weighted by atomic mass is 16.5. The second-order valence-electron chi connectivity index (χ2n) is 4.77. The summed E-state index contributed by atoms with van der Waals surface area (Å²) >= 11 is 0. The van der Waals surface area contributed by atoms with Crippen LogP contribution in [-0.2, 0) is 11.3 Å². The lowest BCUT2D eigenvalue weighted by atomic mass is 10.2. The lowest BCUT2D eigenvalue weighted by molar-refractivity contribution is -0.312. The van der Waals surface area contributed by atoms with E-state index < -0.39 is 12.1 Å². The van der Waals surface area contributed by atoms with E-state index in [0.717, 1.165) is 5.56 Å². The van der Waals surface area contributed by atoms with Gasteiger partial charge in [-0.1, -0.05) is 30.3 Å². The van der Waals surface area contributed by atoms with Crippen LogP contribution in [0.4, 0.5) is 0 Å². The van der Waals surface area contributed by atoms with Crippen LogP contribution in [0.25, 0.3) is 0 Å². The van der Waals surface area contributed by atoms with Crippen LogP contribution in [0.15, 0.2) is 54.6 Å². The molecule has 5 heteroatoms. The van der Waals surface area contributed by atoms with E-state index in [1.807, 2.05) is 30.3 Å². The molecular formula is C17H16NO4-. The molecule has 1 atom stereocenters. The highest BCUT2D eigenvalue weighted by Crippen LogP contribution is 2.14. The maximum absolute atomic E-state index is 12.0. The summed E-state index contributed by atoms with van der Waals surface area (Å²) in [7, 11) is 0. The first-order valence-electron chi connectivity index (χ1n) is 6.86. The minimum atomic E-state index is -1.29. The smallest absolute Gasteiger partial charge is 0.251 e. The Bertz CT molecular complexity index is 637. The van der Waals surface area contributed by atoms with Gasteiger partial charge < -0.3 is 20.0 Å². The van der Waals surface area contributed by atoms with Gasteiger partial charge in [-0.2, -0.15) is 0 Å². The lowest BCUT2D eigenvalue weighted by Gasteiger charge is -2.15. The molecule has 0 radical (unpaired) electrons. The van der Waals surface area contributed by atoms with Crippen molar-refractivity contribution in [3.63, 3.8) is 0 Å². The summed E-state index contributed by atoms with van der Waals surface area (Å²) in [5.74, 6) is -1.12. The molecule has 0 saturated heterocycles. The van der Waals surface area contributed by atoms with Gasteiger partial charge in [-0.25, -0.2) is 0 Å². The van der Waals surface area contributed by atoms with E-state index in [1.165, 1.54) is 6.92 Å². The fourth-order valence-electron chi connectivity index (χ4n) is 1.82. The maximum Gasteiger partial charge on any atom is 0.251 e. The number of nitrogens with one attached hydrogen (secondary N) is 1. The predicted molar refractivity (Wildman–Crippen MR) is 79.2 cm³/mol. The number of carboxylic acid groups (broad SMARTS) is 1. The molecule has 0 heterocycles. The molecule has 5 nitrogen and oxygen atoms in total. The van der Waals surface area contributed by atoms with Gasteiger partial charge in [-0.05, 0) is 36.8 Å². The monoisotopic (exact) mass is 298 g/mol. The highest BCUT2D eigenvalue weighted by molar-refractivity contribution is 5.94. The normalized spacial score (nSPS) is 11.5. The van der Waals surface area contributed by atoms with E-state index >= 15 is 0 Å². The van der Waals surface area contributed by atoms with Crippen molar-refractivity contribution in [2.24, 2.45) is 0 Å². The molecule has 2 aromatic rings. The van der Waals surface area contributed by atoms with Crippen LogP contribution in [0.3, 0.4) is 0 Å². The van der Waals surface area contributed by atoms with Gasteiger partial charge in [0.1, 0.15) is 11.9 Å². The second-order valence-corrected chi connectivity index (χ2v) is 4.77. The van der Waals surface area contributed by atoms with Gasteiger partial charge in [0, 0.05) is 12.1 Å². The Labute approximate surface area is 128 Å². The third-order valence-electron chi connectivity index (χ3n) is 3.06. The third kappa shape index (κ3) is 4.34. The van der Waals surface area contributed by atoms with Gasteiger partial charge in [0.15, 0.2) is 0 Å². The number of carboxylic acids is 1. The molecule has 22 heavy (non-hydrogen) atoms. The first-order valence-corrected chi connectivity index (χ1v) is 6.86. The Morgan fingerprint density at radius 3 is 2.32 bits per heavy atom. The molecule has 1 unspecified atom stereocenters. The number of rotatable bonds is 6. The Hall–Kier alpha value is -2.82. The number of hydrogen-bond donors (Lipinski definition) is 1. The molecule has 0 aliphatic carbocycles. The maximum atomic E-state index is 12.0. The minimum absolute atomic E-state index is 0.205. The first kappa shape index (κ1) is 15.6. The number of carbonyl (C=O) groups excluding carboxylic acids is 2. The van der Waals surface area contributed by atoms with Crippen LogP contribution >= 0.6 is 0 Å². The molecule has 2 rings (SSSR count). The zero-order valence-corrected chi connectivity index (χ0v) is 12.1. The van der Waals surface area contributed by atoms with Gasteiger partial charge in [0.05, 0.1) is 5.97 Å². The molecule has 2 aromatic carbocycles. The summed E-state index contributed by atoms with van der Waals surface area (Å²) in [6.07, 6.45) is -1.04. The molecule has 1 amide bonds. The van der Waals surface area contributed by atoms with Crippen molar-refractivity contribution < 1.29 is 19.4 Å². The van der Waals surface area contributed by atoms with E-state index in [4.69, 9.17) is 4.74 Å². The molecule has 0 aliphatic rings. The summed E-state index contributed by atoms with van der Waals surface area (Å²) in [4.78, 5) is 22.6. The predicted octanol–water partition coefficient (Wildman–Crippen LogP) is 1.13. The van der Waals surface area contributed by atoms with E-state index in [9.17, 15) is 14.7 Å². The van der Waals surface area contributed by atoms with E-state index in [1.54, 1.807) is 24.3 Å². The largest absolute Gasteiger partial charge is 0.546 e. The highest BCUT2D eigenvalue weighted by Gasteiger charge is 2.08. The van der Waals surface area contributed by atoms with Crippen molar-refractivity contribution in [1.82, 2.24) is 5.32 Å². The average Bonchev–Trinajstić information content (AvgIpc) is 2.54. The van der Waals surface area contributed by atoms with Gasteiger partial charge >= 0.3 is 0 Å². The summed E-state index contributed by atoms with van der Waals surface area (Å²) in [5, 5.41) is 13.4. The molecule has 1 N–H and O–H groups in total. The Kier molecular flexibility index (Phi) is 5.14. The van der Waals surface area contributed by atoms with Crippen molar-refractivity contribution >= 4 is 11.9 Å². The summed E-state index contributed by atoms with van der Waals surface area (Å²) in [5.41, 5.74) is 1.49. The van der Waals surface area contributed by atoms with Gasteiger partial charge in [0.25, 0.3) is 5.91 Å². The number of benzene rings is 2. The zero-order valence-electron chi connectivity index (χ0n) is 12.1. The zero-order chi connectivity index (χ0) is 15.9. The summed E-state index contributed by atoms with van der Waals surface area (Å²) < 4.78 is 5.15. The minimum Gasteiger partial charge on any atom is -0.546 e.